The maximum absolute atomic E-state index is 13.0. The Hall–Kier alpha value is -2.11. The molecule has 1 saturated carbocycles. The lowest BCUT2D eigenvalue weighted by molar-refractivity contribution is -0.139. The van der Waals surface area contributed by atoms with Crippen molar-refractivity contribution >= 4 is 17.6 Å². The van der Waals surface area contributed by atoms with E-state index in [9.17, 15) is 9.59 Å². The maximum Gasteiger partial charge on any atom is 0.254 e. The van der Waals surface area contributed by atoms with E-state index in [4.69, 9.17) is 0 Å². The minimum absolute atomic E-state index is 0.0774. The minimum Gasteiger partial charge on any atom is -0.373 e. The third-order valence-electron chi connectivity index (χ3n) is 6.14. The van der Waals surface area contributed by atoms with Crippen LogP contribution >= 0.6 is 0 Å². The van der Waals surface area contributed by atoms with Gasteiger partial charge in [-0.3, -0.25) is 9.59 Å². The van der Waals surface area contributed by atoms with E-state index < -0.39 is 0 Å². The summed E-state index contributed by atoms with van der Waals surface area (Å²) < 4.78 is 0. The smallest absolute Gasteiger partial charge is 0.254 e. The molecule has 26 heavy (non-hydrogen) atoms. The molecule has 1 aliphatic carbocycles. The van der Waals surface area contributed by atoms with Gasteiger partial charge in [-0.1, -0.05) is 0 Å². The molecule has 2 amide bonds. The number of amides is 2. The van der Waals surface area contributed by atoms with Crippen LogP contribution in [0.1, 0.15) is 48.9 Å². The monoisotopic (exact) mass is 356 g/mol. The minimum atomic E-state index is 0.0774. The third kappa shape index (κ3) is 3.55. The van der Waals surface area contributed by atoms with Gasteiger partial charge in [-0.2, -0.15) is 0 Å². The van der Waals surface area contributed by atoms with Gasteiger partial charge in [0.1, 0.15) is 5.82 Å². The summed E-state index contributed by atoms with van der Waals surface area (Å²) in [5.41, 5.74) is 0.762. The number of likely N-dealkylation sites (tertiary alicyclic amines) is 2. The van der Waals surface area contributed by atoms with E-state index in [1.165, 1.54) is 12.8 Å². The highest BCUT2D eigenvalue weighted by molar-refractivity contribution is 5.95. The first-order chi connectivity index (χ1) is 12.6. The molecule has 0 radical (unpaired) electrons. The predicted molar refractivity (Wildman–Crippen MR) is 99.9 cm³/mol. The Bertz CT molecular complexity index is 703. The van der Waals surface area contributed by atoms with E-state index in [0.717, 1.165) is 45.4 Å². The zero-order chi connectivity index (χ0) is 18.1. The molecule has 1 unspecified atom stereocenters. The van der Waals surface area contributed by atoms with Gasteiger partial charge >= 0.3 is 0 Å². The van der Waals surface area contributed by atoms with Crippen molar-refractivity contribution in [1.29, 1.82) is 0 Å². The molecule has 3 fully saturated rings. The zero-order valence-electron chi connectivity index (χ0n) is 15.5. The van der Waals surface area contributed by atoms with Crippen molar-refractivity contribution in [3.8, 4) is 0 Å². The number of hydrogen-bond donors (Lipinski definition) is 1. The van der Waals surface area contributed by atoms with Gasteiger partial charge in [0.15, 0.2) is 0 Å². The lowest BCUT2D eigenvalue weighted by Crippen LogP contribution is -2.55. The molecule has 0 aromatic carbocycles. The van der Waals surface area contributed by atoms with Crippen molar-refractivity contribution in [3.05, 3.63) is 23.9 Å². The molecule has 0 bridgehead atoms. The van der Waals surface area contributed by atoms with Crippen LogP contribution in [0.5, 0.6) is 0 Å². The number of piperidine rings is 2. The summed E-state index contributed by atoms with van der Waals surface area (Å²) in [4.78, 5) is 33.6. The molecule has 6 heteroatoms. The number of nitrogens with one attached hydrogen (secondary N) is 1. The molecule has 1 aromatic rings. The Morgan fingerprint density at radius 3 is 2.96 bits per heavy atom. The number of pyridine rings is 1. The largest absolute Gasteiger partial charge is 0.373 e. The fourth-order valence-electron chi connectivity index (χ4n) is 4.48. The average molecular weight is 356 g/mol. The molecule has 3 heterocycles. The Balaban J connectivity index is 1.47. The molecule has 2 saturated heterocycles. The summed E-state index contributed by atoms with van der Waals surface area (Å²) >= 11 is 0. The molecule has 140 valence electrons. The van der Waals surface area contributed by atoms with Gasteiger partial charge in [-0.25, -0.2) is 4.98 Å². The number of anilines is 1. The summed E-state index contributed by atoms with van der Waals surface area (Å²) in [6.07, 6.45) is 7.87. The van der Waals surface area contributed by atoms with Crippen molar-refractivity contribution in [1.82, 2.24) is 14.8 Å². The molecule has 1 atom stereocenters. The second-order valence-corrected chi connectivity index (χ2v) is 8.23. The van der Waals surface area contributed by atoms with Gasteiger partial charge in [0.25, 0.3) is 5.91 Å². The molecule has 1 aromatic heterocycles. The normalized spacial score (nSPS) is 26.3. The average Bonchev–Trinajstić information content (AvgIpc) is 3.48. The number of carbonyl (C=O) groups excluding carboxylic acids is 2. The summed E-state index contributed by atoms with van der Waals surface area (Å²) in [5, 5.41) is 2.99. The fourth-order valence-corrected chi connectivity index (χ4v) is 4.48. The second-order valence-electron chi connectivity index (χ2n) is 8.23. The first-order valence-corrected chi connectivity index (χ1v) is 9.79. The summed E-state index contributed by atoms with van der Waals surface area (Å²) in [6, 6.07) is 3.60. The van der Waals surface area contributed by atoms with Crippen LogP contribution in [0.15, 0.2) is 18.3 Å². The Morgan fingerprint density at radius 2 is 2.19 bits per heavy atom. The van der Waals surface area contributed by atoms with Gasteiger partial charge < -0.3 is 15.1 Å². The van der Waals surface area contributed by atoms with Crippen molar-refractivity contribution in [2.75, 3.05) is 38.5 Å². The van der Waals surface area contributed by atoms with Crippen LogP contribution in [-0.2, 0) is 4.79 Å². The van der Waals surface area contributed by atoms with Gasteiger partial charge in [0.05, 0.1) is 0 Å². The molecular weight excluding hydrogens is 328 g/mol. The lowest BCUT2D eigenvalue weighted by atomic mass is 9.73. The van der Waals surface area contributed by atoms with E-state index in [1.54, 1.807) is 19.3 Å². The standard InChI is InChI=1S/C20H28N4O2/c1-21-17-11-16(6-9-22-17)19(26)23-10-2-7-20(13-23)8-5-18(25)24(14-20)12-15-3-4-15/h6,9,11,15H,2-5,7-8,10,12-14H2,1H3,(H,21,22). The first kappa shape index (κ1) is 17.3. The molecule has 4 rings (SSSR count). The van der Waals surface area contributed by atoms with Crippen molar-refractivity contribution in [3.63, 3.8) is 0 Å². The van der Waals surface area contributed by atoms with Crippen LogP contribution in [0.4, 0.5) is 5.82 Å². The molecule has 1 spiro atoms. The van der Waals surface area contributed by atoms with Gasteiger partial charge in [0, 0.05) is 56.8 Å². The van der Waals surface area contributed by atoms with Gasteiger partial charge in [-0.15, -0.1) is 0 Å². The zero-order valence-corrected chi connectivity index (χ0v) is 15.5. The molecular formula is C20H28N4O2. The van der Waals surface area contributed by atoms with Gasteiger partial charge in [-0.05, 0) is 50.2 Å². The third-order valence-corrected chi connectivity index (χ3v) is 6.14. The van der Waals surface area contributed by atoms with E-state index in [-0.39, 0.29) is 11.3 Å². The van der Waals surface area contributed by atoms with Crippen LogP contribution < -0.4 is 5.32 Å². The summed E-state index contributed by atoms with van der Waals surface area (Å²) in [5.74, 6) is 1.81. The fraction of sp³-hybridized carbons (Fsp3) is 0.650. The Labute approximate surface area is 155 Å². The second kappa shape index (κ2) is 6.89. The van der Waals surface area contributed by atoms with Crippen LogP contribution in [0.25, 0.3) is 0 Å². The van der Waals surface area contributed by atoms with Crippen LogP contribution in [0, 0.1) is 11.3 Å². The molecule has 6 nitrogen and oxygen atoms in total. The first-order valence-electron chi connectivity index (χ1n) is 9.79. The highest BCUT2D eigenvalue weighted by Gasteiger charge is 2.43. The number of carbonyl (C=O) groups is 2. The lowest BCUT2D eigenvalue weighted by Gasteiger charge is -2.48. The number of aromatic nitrogens is 1. The molecule has 1 N–H and O–H groups in total. The van der Waals surface area contributed by atoms with Crippen LogP contribution in [0.2, 0.25) is 0 Å². The van der Waals surface area contributed by atoms with E-state index in [0.29, 0.717) is 29.6 Å². The van der Waals surface area contributed by atoms with Gasteiger partial charge in [0.2, 0.25) is 5.91 Å². The molecule has 3 aliphatic rings. The highest BCUT2D eigenvalue weighted by Crippen LogP contribution is 2.41. The summed E-state index contributed by atoms with van der Waals surface area (Å²) in [7, 11) is 1.81. The SMILES string of the molecule is CNc1cc(C(=O)N2CCCC3(CCC(=O)N(CC4CC4)C3)C2)ccn1. The molecule has 2 aliphatic heterocycles. The van der Waals surface area contributed by atoms with Crippen LogP contribution in [-0.4, -0.2) is 59.8 Å². The van der Waals surface area contributed by atoms with Crippen molar-refractivity contribution in [2.24, 2.45) is 11.3 Å². The topological polar surface area (TPSA) is 65.5 Å². The Morgan fingerprint density at radius 1 is 1.35 bits per heavy atom. The number of rotatable bonds is 4. The van der Waals surface area contributed by atoms with Crippen molar-refractivity contribution < 1.29 is 9.59 Å². The van der Waals surface area contributed by atoms with E-state index in [1.807, 2.05) is 11.0 Å². The van der Waals surface area contributed by atoms with Crippen LogP contribution in [0.3, 0.4) is 0 Å². The van der Waals surface area contributed by atoms with Crippen molar-refractivity contribution in [2.45, 2.75) is 38.5 Å². The number of hydrogen-bond acceptors (Lipinski definition) is 4. The van der Waals surface area contributed by atoms with E-state index in [2.05, 4.69) is 15.2 Å². The quantitative estimate of drug-likeness (QED) is 0.900. The predicted octanol–water partition coefficient (Wildman–Crippen LogP) is 2.38. The maximum atomic E-state index is 13.0. The Kier molecular flexibility index (Phi) is 4.59. The number of nitrogens with zero attached hydrogens (tertiary/aromatic N) is 3. The summed E-state index contributed by atoms with van der Waals surface area (Å²) in [6.45, 7) is 3.31. The highest BCUT2D eigenvalue weighted by atomic mass is 16.2. The van der Waals surface area contributed by atoms with E-state index >= 15 is 0 Å².